The number of nitrogens with one attached hydrogen (secondary N) is 1. The zero-order chi connectivity index (χ0) is 19.3. The van der Waals surface area contributed by atoms with Crippen LogP contribution in [0, 0.1) is 16.5 Å². The topological polar surface area (TPSA) is 61.8 Å². The summed E-state index contributed by atoms with van der Waals surface area (Å²) in [5, 5.41) is 5.79. The summed E-state index contributed by atoms with van der Waals surface area (Å²) in [5.74, 6) is -0.862. The van der Waals surface area contributed by atoms with Crippen molar-refractivity contribution in [1.29, 1.82) is 0 Å². The van der Waals surface area contributed by atoms with Crippen LogP contribution in [0.3, 0.4) is 0 Å². The number of benzene rings is 2. The maximum Gasteiger partial charge on any atom is 0.194 e. The Morgan fingerprint density at radius 2 is 1.69 bits per heavy atom. The molecule has 0 amide bonds. The summed E-state index contributed by atoms with van der Waals surface area (Å²) in [6.45, 7) is 1.92. The Labute approximate surface area is 150 Å². The van der Waals surface area contributed by atoms with Gasteiger partial charge in [-0.2, -0.15) is 0 Å². The first-order valence-electron chi connectivity index (χ1n) is 7.89. The van der Waals surface area contributed by atoms with Crippen LogP contribution in [0.15, 0.2) is 59.4 Å². The molecule has 0 aliphatic carbocycles. The number of rotatable bonds is 2. The van der Waals surface area contributed by atoms with Gasteiger partial charge in [-0.25, -0.2) is 8.78 Å². The molecule has 3 rings (SSSR count). The van der Waals surface area contributed by atoms with Crippen LogP contribution in [0.25, 0.3) is 0 Å². The van der Waals surface area contributed by atoms with E-state index in [2.05, 4.69) is 10.5 Å². The van der Waals surface area contributed by atoms with Gasteiger partial charge in [0.1, 0.15) is 17.3 Å². The van der Waals surface area contributed by atoms with Gasteiger partial charge in [0, 0.05) is 37.1 Å². The number of fused-ring (bicyclic) bond motifs is 1. The molecule has 2 aromatic carbocycles. The van der Waals surface area contributed by atoms with Crippen molar-refractivity contribution in [2.24, 2.45) is 5.18 Å². The monoisotopic (exact) mass is 359 g/mol. The van der Waals surface area contributed by atoms with Crippen molar-refractivity contribution >= 4 is 17.2 Å². The third-order valence-corrected chi connectivity index (χ3v) is 3.66. The predicted molar refractivity (Wildman–Crippen MR) is 97.4 cm³/mol. The molecule has 1 aliphatic rings. The summed E-state index contributed by atoms with van der Waals surface area (Å²) < 4.78 is 25.2. The first-order valence-corrected chi connectivity index (χ1v) is 7.89. The molecule has 136 valence electrons. The van der Waals surface area contributed by atoms with Crippen molar-refractivity contribution < 1.29 is 13.6 Å². The van der Waals surface area contributed by atoms with Crippen molar-refractivity contribution in [2.75, 3.05) is 19.4 Å². The SMILES string of the molecule is CC1Nc2ccc(F)cc2C(=O)/C1=C\N(C)C.O=Nc1ccc(F)cc1. The van der Waals surface area contributed by atoms with E-state index in [0.29, 0.717) is 16.8 Å². The van der Waals surface area contributed by atoms with Gasteiger partial charge in [0.15, 0.2) is 5.78 Å². The molecule has 1 heterocycles. The Hall–Kier alpha value is -3.09. The zero-order valence-electron chi connectivity index (χ0n) is 14.7. The summed E-state index contributed by atoms with van der Waals surface area (Å²) in [7, 11) is 3.71. The molecular formula is C19H19F2N3O2. The number of nitrogens with zero attached hydrogens (tertiary/aromatic N) is 2. The van der Waals surface area contributed by atoms with E-state index in [-0.39, 0.29) is 23.3 Å². The first kappa shape index (κ1) is 19.2. The van der Waals surface area contributed by atoms with E-state index in [9.17, 15) is 18.5 Å². The molecule has 7 heteroatoms. The molecule has 0 spiro atoms. The van der Waals surface area contributed by atoms with Crippen LogP contribution in [-0.2, 0) is 0 Å². The second kappa shape index (κ2) is 8.33. The van der Waals surface area contributed by atoms with Crippen LogP contribution in [0.1, 0.15) is 17.3 Å². The summed E-state index contributed by atoms with van der Waals surface area (Å²) in [4.78, 5) is 23.8. The van der Waals surface area contributed by atoms with E-state index in [0.717, 1.165) is 0 Å². The fourth-order valence-electron chi connectivity index (χ4n) is 2.44. The van der Waals surface area contributed by atoms with Crippen molar-refractivity contribution in [2.45, 2.75) is 13.0 Å². The van der Waals surface area contributed by atoms with Gasteiger partial charge in [-0.1, -0.05) is 0 Å². The van der Waals surface area contributed by atoms with Crippen LogP contribution in [0.4, 0.5) is 20.2 Å². The number of carbonyl (C=O) groups excluding carboxylic acids is 1. The molecule has 0 aromatic heterocycles. The maximum atomic E-state index is 13.1. The van der Waals surface area contributed by atoms with Gasteiger partial charge in [0.05, 0.1) is 6.04 Å². The van der Waals surface area contributed by atoms with Crippen molar-refractivity contribution in [1.82, 2.24) is 4.90 Å². The summed E-state index contributed by atoms with van der Waals surface area (Å²) >= 11 is 0. The number of hydrogen-bond donors (Lipinski definition) is 1. The summed E-state index contributed by atoms with van der Waals surface area (Å²) in [5.41, 5.74) is 1.99. The Kier molecular flexibility index (Phi) is 6.16. The third kappa shape index (κ3) is 4.72. The number of anilines is 1. The fourth-order valence-corrected chi connectivity index (χ4v) is 2.44. The highest BCUT2D eigenvalue weighted by atomic mass is 19.1. The second-order valence-electron chi connectivity index (χ2n) is 6.00. The van der Waals surface area contributed by atoms with Gasteiger partial charge in [0.25, 0.3) is 0 Å². The first-order chi connectivity index (χ1) is 12.3. The molecule has 0 fully saturated rings. The lowest BCUT2D eigenvalue weighted by Crippen LogP contribution is -2.31. The largest absolute Gasteiger partial charge is 0.383 e. The maximum absolute atomic E-state index is 13.1. The number of nitroso groups, excluding NO2 is 1. The highest BCUT2D eigenvalue weighted by Gasteiger charge is 2.27. The molecule has 0 radical (unpaired) electrons. The Morgan fingerprint density at radius 1 is 1.08 bits per heavy atom. The van der Waals surface area contributed by atoms with E-state index in [1.54, 1.807) is 12.3 Å². The number of Topliss-reactive ketones (excluding diaryl/α,β-unsaturated/α-hetero) is 1. The molecular weight excluding hydrogens is 340 g/mol. The van der Waals surface area contributed by atoms with E-state index in [1.165, 1.54) is 36.4 Å². The number of ketones is 1. The van der Waals surface area contributed by atoms with E-state index in [1.807, 2.05) is 25.9 Å². The fraction of sp³-hybridized carbons (Fsp3) is 0.211. The standard InChI is InChI=1S/C13H15FN2O.C6H4FNO/c1-8-11(7-16(2)3)13(17)10-6-9(14)4-5-12(10)15-8;7-5-1-3-6(8-9)4-2-5/h4-8,15H,1-3H3;1-4H/b11-7-;. The average molecular weight is 359 g/mol. The average Bonchev–Trinajstić information content (AvgIpc) is 2.60. The van der Waals surface area contributed by atoms with Gasteiger partial charge < -0.3 is 10.2 Å². The smallest absolute Gasteiger partial charge is 0.194 e. The molecule has 1 aliphatic heterocycles. The van der Waals surface area contributed by atoms with Crippen molar-refractivity contribution in [3.05, 3.63) is 76.3 Å². The van der Waals surface area contributed by atoms with Gasteiger partial charge in [-0.05, 0) is 54.6 Å². The van der Waals surface area contributed by atoms with Gasteiger partial charge in [-0.3, -0.25) is 4.79 Å². The van der Waals surface area contributed by atoms with Crippen molar-refractivity contribution in [3.63, 3.8) is 0 Å². The predicted octanol–water partition coefficient (Wildman–Crippen LogP) is 4.49. The third-order valence-electron chi connectivity index (χ3n) is 3.66. The summed E-state index contributed by atoms with van der Waals surface area (Å²) in [6.07, 6.45) is 1.77. The molecule has 0 saturated heterocycles. The Morgan fingerprint density at radius 3 is 2.27 bits per heavy atom. The zero-order valence-corrected chi connectivity index (χ0v) is 14.7. The molecule has 1 unspecified atom stereocenters. The Balaban J connectivity index is 0.000000228. The van der Waals surface area contributed by atoms with E-state index in [4.69, 9.17) is 0 Å². The normalized spacial score (nSPS) is 16.9. The lowest BCUT2D eigenvalue weighted by atomic mass is 9.92. The minimum absolute atomic E-state index is 0.0668. The van der Waals surface area contributed by atoms with Crippen LogP contribution in [-0.4, -0.2) is 30.8 Å². The Bertz CT molecular complexity index is 833. The lowest BCUT2D eigenvalue weighted by molar-refractivity contribution is 0.102. The lowest BCUT2D eigenvalue weighted by Gasteiger charge is -2.26. The van der Waals surface area contributed by atoms with Crippen LogP contribution in [0.5, 0.6) is 0 Å². The second-order valence-corrected chi connectivity index (χ2v) is 6.00. The molecule has 26 heavy (non-hydrogen) atoms. The highest BCUT2D eigenvalue weighted by Crippen LogP contribution is 2.28. The number of carbonyl (C=O) groups is 1. The molecule has 1 atom stereocenters. The minimum Gasteiger partial charge on any atom is -0.383 e. The van der Waals surface area contributed by atoms with Gasteiger partial charge >= 0.3 is 0 Å². The van der Waals surface area contributed by atoms with Gasteiger partial charge in [-0.15, -0.1) is 4.91 Å². The number of halogens is 2. The minimum atomic E-state index is -0.391. The molecule has 0 saturated carbocycles. The van der Waals surface area contributed by atoms with Gasteiger partial charge in [0.2, 0.25) is 0 Å². The molecule has 1 N–H and O–H groups in total. The van der Waals surface area contributed by atoms with Crippen LogP contribution in [0.2, 0.25) is 0 Å². The van der Waals surface area contributed by atoms with E-state index < -0.39 is 5.82 Å². The van der Waals surface area contributed by atoms with Crippen LogP contribution >= 0.6 is 0 Å². The van der Waals surface area contributed by atoms with Crippen LogP contribution < -0.4 is 5.32 Å². The van der Waals surface area contributed by atoms with Crippen molar-refractivity contribution in [3.8, 4) is 0 Å². The quantitative estimate of drug-likeness (QED) is 0.634. The highest BCUT2D eigenvalue weighted by molar-refractivity contribution is 6.14. The molecule has 0 bridgehead atoms. The summed E-state index contributed by atoms with van der Waals surface area (Å²) in [6, 6.07) is 9.19. The molecule has 2 aromatic rings. The number of hydrogen-bond acceptors (Lipinski definition) is 5. The van der Waals surface area contributed by atoms with E-state index >= 15 is 0 Å². The molecule has 5 nitrogen and oxygen atoms in total.